The van der Waals surface area contributed by atoms with Gasteiger partial charge in [0.05, 0.1) is 5.69 Å². The number of nitrogens with zero attached hydrogens (tertiary/aromatic N) is 2. The van der Waals surface area contributed by atoms with Crippen LogP contribution in [0, 0.1) is 6.92 Å². The fourth-order valence-electron chi connectivity index (χ4n) is 2.21. The number of hydrogen-bond donors (Lipinski definition) is 1. The SMILES string of the molecule is Cc1cccc(CN2CC(C)NCC2C)n1. The second-order valence-electron chi connectivity index (χ2n) is 4.86. The standard InChI is InChI=1S/C13H21N3/c1-10-5-4-6-13(15-10)9-16-8-11(2)14-7-12(16)3/h4-6,11-12,14H,7-9H2,1-3H3. The van der Waals surface area contributed by atoms with Crippen LogP contribution in [0.1, 0.15) is 25.2 Å². The molecule has 0 spiro atoms. The maximum Gasteiger partial charge on any atom is 0.0547 e. The van der Waals surface area contributed by atoms with Gasteiger partial charge in [0.2, 0.25) is 0 Å². The first kappa shape index (κ1) is 11.6. The summed E-state index contributed by atoms with van der Waals surface area (Å²) in [6, 6.07) is 7.44. The monoisotopic (exact) mass is 219 g/mol. The molecule has 0 aliphatic carbocycles. The van der Waals surface area contributed by atoms with Crippen molar-refractivity contribution in [3.8, 4) is 0 Å². The van der Waals surface area contributed by atoms with E-state index in [9.17, 15) is 0 Å². The predicted octanol–water partition coefficient (Wildman–Crippen LogP) is 1.57. The highest BCUT2D eigenvalue weighted by atomic mass is 15.2. The highest BCUT2D eigenvalue weighted by Gasteiger charge is 2.22. The highest BCUT2D eigenvalue weighted by Crippen LogP contribution is 2.11. The molecule has 1 aromatic heterocycles. The van der Waals surface area contributed by atoms with Gasteiger partial charge in [0.1, 0.15) is 0 Å². The lowest BCUT2D eigenvalue weighted by molar-refractivity contribution is 0.137. The van der Waals surface area contributed by atoms with E-state index in [0.717, 1.165) is 25.3 Å². The third kappa shape index (κ3) is 2.80. The number of nitrogens with one attached hydrogen (secondary N) is 1. The molecular weight excluding hydrogens is 198 g/mol. The van der Waals surface area contributed by atoms with Gasteiger partial charge in [-0.2, -0.15) is 0 Å². The van der Waals surface area contributed by atoms with Crippen LogP contribution in [0.2, 0.25) is 0 Å². The lowest BCUT2D eigenvalue weighted by Crippen LogP contribution is -2.53. The molecule has 1 aliphatic heterocycles. The van der Waals surface area contributed by atoms with Crippen LogP contribution in [0.5, 0.6) is 0 Å². The fourth-order valence-corrected chi connectivity index (χ4v) is 2.21. The summed E-state index contributed by atoms with van der Waals surface area (Å²) >= 11 is 0. The molecule has 1 aromatic rings. The Labute approximate surface area is 97.9 Å². The molecule has 88 valence electrons. The molecule has 2 heterocycles. The summed E-state index contributed by atoms with van der Waals surface area (Å²) in [7, 11) is 0. The molecule has 3 heteroatoms. The van der Waals surface area contributed by atoms with E-state index in [4.69, 9.17) is 0 Å². The Morgan fingerprint density at radius 3 is 3.00 bits per heavy atom. The van der Waals surface area contributed by atoms with Gasteiger partial charge in [-0.25, -0.2) is 0 Å². The summed E-state index contributed by atoms with van der Waals surface area (Å²) in [6.07, 6.45) is 0. The van der Waals surface area contributed by atoms with Crippen molar-refractivity contribution in [2.75, 3.05) is 13.1 Å². The van der Waals surface area contributed by atoms with Gasteiger partial charge in [-0.3, -0.25) is 9.88 Å². The summed E-state index contributed by atoms with van der Waals surface area (Å²) in [5.74, 6) is 0. The minimum Gasteiger partial charge on any atom is -0.311 e. The van der Waals surface area contributed by atoms with Gasteiger partial charge >= 0.3 is 0 Å². The van der Waals surface area contributed by atoms with Crippen LogP contribution in [-0.4, -0.2) is 35.1 Å². The molecule has 2 atom stereocenters. The number of aryl methyl sites for hydroxylation is 1. The third-order valence-electron chi connectivity index (χ3n) is 3.20. The van der Waals surface area contributed by atoms with E-state index in [-0.39, 0.29) is 0 Å². The minimum absolute atomic E-state index is 0.584. The van der Waals surface area contributed by atoms with Crippen LogP contribution < -0.4 is 5.32 Å². The average molecular weight is 219 g/mol. The Morgan fingerprint density at radius 1 is 1.44 bits per heavy atom. The van der Waals surface area contributed by atoms with E-state index < -0.39 is 0 Å². The molecule has 0 bridgehead atoms. The third-order valence-corrected chi connectivity index (χ3v) is 3.20. The van der Waals surface area contributed by atoms with Crippen molar-refractivity contribution in [3.05, 3.63) is 29.6 Å². The van der Waals surface area contributed by atoms with Crippen LogP contribution in [0.15, 0.2) is 18.2 Å². The van der Waals surface area contributed by atoms with E-state index in [0.29, 0.717) is 12.1 Å². The van der Waals surface area contributed by atoms with Gasteiger partial charge in [0.15, 0.2) is 0 Å². The largest absolute Gasteiger partial charge is 0.311 e. The maximum absolute atomic E-state index is 4.56. The Kier molecular flexibility index (Phi) is 3.56. The van der Waals surface area contributed by atoms with Crippen LogP contribution >= 0.6 is 0 Å². The number of pyridine rings is 1. The van der Waals surface area contributed by atoms with Gasteiger partial charge in [-0.05, 0) is 32.9 Å². The number of rotatable bonds is 2. The maximum atomic E-state index is 4.56. The molecular formula is C13H21N3. The van der Waals surface area contributed by atoms with Gasteiger partial charge < -0.3 is 5.32 Å². The lowest BCUT2D eigenvalue weighted by Gasteiger charge is -2.37. The van der Waals surface area contributed by atoms with E-state index in [2.05, 4.69) is 41.2 Å². The van der Waals surface area contributed by atoms with E-state index in [1.54, 1.807) is 0 Å². The summed E-state index contributed by atoms with van der Waals surface area (Å²) in [4.78, 5) is 7.07. The minimum atomic E-state index is 0.584. The molecule has 1 fully saturated rings. The quantitative estimate of drug-likeness (QED) is 0.818. The second kappa shape index (κ2) is 4.93. The molecule has 0 radical (unpaired) electrons. The number of hydrogen-bond acceptors (Lipinski definition) is 3. The van der Waals surface area contributed by atoms with Crippen molar-refractivity contribution < 1.29 is 0 Å². The molecule has 1 aliphatic rings. The van der Waals surface area contributed by atoms with E-state index in [1.165, 1.54) is 5.69 Å². The Morgan fingerprint density at radius 2 is 2.25 bits per heavy atom. The van der Waals surface area contributed by atoms with E-state index in [1.807, 2.05) is 13.0 Å². The molecule has 0 aromatic carbocycles. The lowest BCUT2D eigenvalue weighted by atomic mass is 10.1. The van der Waals surface area contributed by atoms with Crippen molar-refractivity contribution in [3.63, 3.8) is 0 Å². The molecule has 1 N–H and O–H groups in total. The molecule has 2 unspecified atom stereocenters. The van der Waals surface area contributed by atoms with Crippen LogP contribution in [0.3, 0.4) is 0 Å². The zero-order valence-electron chi connectivity index (χ0n) is 10.4. The Bertz CT molecular complexity index is 351. The van der Waals surface area contributed by atoms with Gasteiger partial charge in [-0.15, -0.1) is 0 Å². The summed E-state index contributed by atoms with van der Waals surface area (Å²) in [6.45, 7) is 9.71. The summed E-state index contributed by atoms with van der Waals surface area (Å²) < 4.78 is 0. The summed E-state index contributed by atoms with van der Waals surface area (Å²) in [5.41, 5.74) is 2.29. The Hall–Kier alpha value is -0.930. The van der Waals surface area contributed by atoms with Crippen LogP contribution in [-0.2, 0) is 6.54 Å². The smallest absolute Gasteiger partial charge is 0.0547 e. The molecule has 1 saturated heterocycles. The van der Waals surface area contributed by atoms with Gasteiger partial charge in [0.25, 0.3) is 0 Å². The zero-order valence-corrected chi connectivity index (χ0v) is 10.4. The second-order valence-corrected chi connectivity index (χ2v) is 4.86. The number of aromatic nitrogens is 1. The van der Waals surface area contributed by atoms with Crippen molar-refractivity contribution in [2.45, 2.75) is 39.4 Å². The topological polar surface area (TPSA) is 28.2 Å². The average Bonchev–Trinajstić information content (AvgIpc) is 2.24. The van der Waals surface area contributed by atoms with Crippen LogP contribution in [0.25, 0.3) is 0 Å². The first-order valence-electron chi connectivity index (χ1n) is 6.05. The molecule has 0 saturated carbocycles. The molecule has 2 rings (SSSR count). The molecule has 16 heavy (non-hydrogen) atoms. The number of piperazine rings is 1. The highest BCUT2D eigenvalue weighted by molar-refractivity contribution is 5.10. The van der Waals surface area contributed by atoms with Crippen molar-refractivity contribution in [1.29, 1.82) is 0 Å². The van der Waals surface area contributed by atoms with Gasteiger partial charge in [-0.1, -0.05) is 6.07 Å². The molecule has 3 nitrogen and oxygen atoms in total. The predicted molar refractivity (Wildman–Crippen MR) is 66.3 cm³/mol. The normalized spacial score (nSPS) is 26.9. The van der Waals surface area contributed by atoms with Crippen LogP contribution in [0.4, 0.5) is 0 Å². The van der Waals surface area contributed by atoms with Crippen molar-refractivity contribution in [1.82, 2.24) is 15.2 Å². The van der Waals surface area contributed by atoms with E-state index >= 15 is 0 Å². The Balaban J connectivity index is 2.02. The van der Waals surface area contributed by atoms with Gasteiger partial charge in [0, 0.05) is 37.4 Å². The zero-order chi connectivity index (χ0) is 11.5. The first-order chi connectivity index (χ1) is 7.65. The van der Waals surface area contributed by atoms with Crippen molar-refractivity contribution >= 4 is 0 Å². The first-order valence-corrected chi connectivity index (χ1v) is 6.05. The van der Waals surface area contributed by atoms with Crippen molar-refractivity contribution in [2.24, 2.45) is 0 Å². The summed E-state index contributed by atoms with van der Waals surface area (Å²) in [5, 5.41) is 3.50. The molecule has 0 amide bonds. The fraction of sp³-hybridized carbons (Fsp3) is 0.615.